The van der Waals surface area contributed by atoms with E-state index in [9.17, 15) is 4.79 Å². The Morgan fingerprint density at radius 2 is 2.08 bits per heavy atom. The van der Waals surface area contributed by atoms with Gasteiger partial charge in [-0.2, -0.15) is 9.90 Å². The molecule has 1 amide bonds. The van der Waals surface area contributed by atoms with Gasteiger partial charge in [-0.05, 0) is 49.1 Å². The van der Waals surface area contributed by atoms with E-state index in [1.807, 2.05) is 29.0 Å². The molecule has 0 aliphatic heterocycles. The maximum atomic E-state index is 12.5. The zero-order valence-corrected chi connectivity index (χ0v) is 13.2. The normalized spacial score (nSPS) is 14.3. The second-order valence-corrected chi connectivity index (χ2v) is 5.97. The number of rotatable bonds is 5. The van der Waals surface area contributed by atoms with Crippen molar-refractivity contribution >= 4 is 11.7 Å². The van der Waals surface area contributed by atoms with Gasteiger partial charge in [-0.1, -0.05) is 0 Å². The first-order valence-corrected chi connectivity index (χ1v) is 8.07. The van der Waals surface area contributed by atoms with Gasteiger partial charge < -0.3 is 9.88 Å². The molecule has 24 heavy (non-hydrogen) atoms. The third-order valence-corrected chi connectivity index (χ3v) is 4.32. The Morgan fingerprint density at radius 3 is 2.83 bits per heavy atom. The maximum Gasteiger partial charge on any atom is 0.273 e. The van der Waals surface area contributed by atoms with E-state index in [4.69, 9.17) is 0 Å². The predicted octanol–water partition coefficient (Wildman–Crippen LogP) is 2.50. The van der Waals surface area contributed by atoms with Crippen molar-refractivity contribution in [3.63, 3.8) is 0 Å². The fourth-order valence-electron chi connectivity index (χ4n) is 2.75. The maximum absolute atomic E-state index is 12.5. The monoisotopic (exact) mass is 322 g/mol. The minimum Gasteiger partial charge on any atom is -0.339 e. The molecule has 3 aromatic rings. The predicted molar refractivity (Wildman–Crippen MR) is 88.6 cm³/mol. The van der Waals surface area contributed by atoms with Gasteiger partial charge in [0.2, 0.25) is 0 Å². The van der Waals surface area contributed by atoms with Crippen molar-refractivity contribution in [3.05, 3.63) is 60.3 Å². The van der Waals surface area contributed by atoms with E-state index in [2.05, 4.69) is 20.5 Å². The summed E-state index contributed by atoms with van der Waals surface area (Å²) in [4.78, 5) is 18.2. The van der Waals surface area contributed by atoms with Crippen LogP contribution in [-0.4, -0.2) is 30.5 Å². The van der Waals surface area contributed by atoms with Crippen molar-refractivity contribution in [1.82, 2.24) is 24.5 Å². The molecule has 0 saturated heterocycles. The Hall–Kier alpha value is -2.96. The minimum atomic E-state index is -0.185. The van der Waals surface area contributed by atoms with Crippen LogP contribution in [0, 0.1) is 0 Å². The molecule has 3 heterocycles. The van der Waals surface area contributed by atoms with E-state index in [-0.39, 0.29) is 5.91 Å². The lowest BCUT2D eigenvalue weighted by molar-refractivity contribution is 0.101. The topological polar surface area (TPSA) is 77.6 Å². The van der Waals surface area contributed by atoms with Crippen molar-refractivity contribution in [2.24, 2.45) is 0 Å². The van der Waals surface area contributed by atoms with Gasteiger partial charge in [-0.15, -0.1) is 5.10 Å². The standard InChI is InChI=1S/C17H18N6O/c24-17(20-16-11-19-23(21-16)14-3-1-4-14)15-5-2-10-22(15)12-13-6-8-18-9-7-13/h2,5-11,14H,1,3-4,12H2,(H,20,21,24). The van der Waals surface area contributed by atoms with Gasteiger partial charge in [0.15, 0.2) is 5.82 Å². The van der Waals surface area contributed by atoms with Gasteiger partial charge in [-0.25, -0.2) is 0 Å². The summed E-state index contributed by atoms with van der Waals surface area (Å²) in [5.74, 6) is 0.304. The van der Waals surface area contributed by atoms with Crippen LogP contribution in [0.15, 0.2) is 49.1 Å². The highest BCUT2D eigenvalue weighted by atomic mass is 16.2. The van der Waals surface area contributed by atoms with Crippen LogP contribution in [0.4, 0.5) is 5.82 Å². The third-order valence-electron chi connectivity index (χ3n) is 4.32. The SMILES string of the molecule is O=C(Nc1cnn(C2CCC2)n1)c1cccn1Cc1ccncc1. The van der Waals surface area contributed by atoms with Crippen molar-refractivity contribution in [2.75, 3.05) is 5.32 Å². The number of aromatic nitrogens is 5. The molecule has 7 heteroatoms. The second-order valence-electron chi connectivity index (χ2n) is 5.97. The second kappa shape index (κ2) is 6.27. The van der Waals surface area contributed by atoms with Gasteiger partial charge in [0.25, 0.3) is 5.91 Å². The number of nitrogens with one attached hydrogen (secondary N) is 1. The Kier molecular flexibility index (Phi) is 3.82. The molecule has 4 rings (SSSR count). The quantitative estimate of drug-likeness (QED) is 0.783. The van der Waals surface area contributed by atoms with E-state index in [0.717, 1.165) is 18.4 Å². The lowest BCUT2D eigenvalue weighted by Gasteiger charge is -2.23. The summed E-state index contributed by atoms with van der Waals surface area (Å²) in [6.45, 7) is 0.618. The molecule has 1 aliphatic rings. The molecular weight excluding hydrogens is 304 g/mol. The van der Waals surface area contributed by atoms with Crippen molar-refractivity contribution in [3.8, 4) is 0 Å². The van der Waals surface area contributed by atoms with E-state index < -0.39 is 0 Å². The number of carbonyl (C=O) groups is 1. The van der Waals surface area contributed by atoms with Gasteiger partial charge >= 0.3 is 0 Å². The molecule has 3 aromatic heterocycles. The average molecular weight is 322 g/mol. The molecule has 122 valence electrons. The van der Waals surface area contributed by atoms with E-state index in [1.54, 1.807) is 29.5 Å². The molecule has 1 fully saturated rings. The van der Waals surface area contributed by atoms with Gasteiger partial charge in [-0.3, -0.25) is 9.78 Å². The van der Waals surface area contributed by atoms with Crippen LogP contribution in [0.2, 0.25) is 0 Å². The number of anilines is 1. The molecule has 0 unspecified atom stereocenters. The van der Waals surface area contributed by atoms with Crippen LogP contribution in [-0.2, 0) is 6.54 Å². The van der Waals surface area contributed by atoms with E-state index in [0.29, 0.717) is 24.1 Å². The summed E-state index contributed by atoms with van der Waals surface area (Å²) in [6.07, 6.45) is 10.4. The Bertz CT molecular complexity index is 834. The minimum absolute atomic E-state index is 0.185. The van der Waals surface area contributed by atoms with E-state index >= 15 is 0 Å². The summed E-state index contributed by atoms with van der Waals surface area (Å²) >= 11 is 0. The molecule has 0 spiro atoms. The highest BCUT2D eigenvalue weighted by molar-refractivity contribution is 6.02. The molecular formula is C17H18N6O. The Balaban J connectivity index is 1.46. The molecule has 0 bridgehead atoms. The number of carbonyl (C=O) groups excluding carboxylic acids is 1. The lowest BCUT2D eigenvalue weighted by atomic mass is 9.94. The van der Waals surface area contributed by atoms with Crippen LogP contribution < -0.4 is 5.32 Å². The lowest BCUT2D eigenvalue weighted by Crippen LogP contribution is -2.20. The van der Waals surface area contributed by atoms with Gasteiger partial charge in [0.05, 0.1) is 12.2 Å². The van der Waals surface area contributed by atoms with Gasteiger partial charge in [0.1, 0.15) is 5.69 Å². The average Bonchev–Trinajstić information content (AvgIpc) is 3.16. The molecule has 1 N–H and O–H groups in total. The van der Waals surface area contributed by atoms with Crippen LogP contribution >= 0.6 is 0 Å². The van der Waals surface area contributed by atoms with E-state index in [1.165, 1.54) is 6.42 Å². The smallest absolute Gasteiger partial charge is 0.273 e. The van der Waals surface area contributed by atoms with Crippen LogP contribution in [0.1, 0.15) is 41.4 Å². The Morgan fingerprint density at radius 1 is 1.25 bits per heavy atom. The summed E-state index contributed by atoms with van der Waals surface area (Å²) in [6, 6.07) is 7.91. The summed E-state index contributed by atoms with van der Waals surface area (Å²) < 4.78 is 1.90. The molecule has 0 atom stereocenters. The first-order valence-electron chi connectivity index (χ1n) is 8.07. The highest BCUT2D eigenvalue weighted by Gasteiger charge is 2.22. The van der Waals surface area contributed by atoms with Crippen molar-refractivity contribution in [2.45, 2.75) is 31.8 Å². The summed E-state index contributed by atoms with van der Waals surface area (Å²) in [5.41, 5.74) is 1.68. The number of amides is 1. The molecule has 0 radical (unpaired) electrons. The zero-order chi connectivity index (χ0) is 16.4. The fourth-order valence-corrected chi connectivity index (χ4v) is 2.75. The molecule has 1 aliphatic carbocycles. The van der Waals surface area contributed by atoms with Gasteiger partial charge in [0, 0.05) is 25.1 Å². The molecule has 7 nitrogen and oxygen atoms in total. The van der Waals surface area contributed by atoms with Crippen molar-refractivity contribution in [1.29, 1.82) is 0 Å². The fraction of sp³-hybridized carbons (Fsp3) is 0.294. The number of hydrogen-bond donors (Lipinski definition) is 1. The first kappa shape index (κ1) is 14.6. The van der Waals surface area contributed by atoms with Crippen molar-refractivity contribution < 1.29 is 4.79 Å². The van der Waals surface area contributed by atoms with Crippen LogP contribution in [0.5, 0.6) is 0 Å². The summed E-state index contributed by atoms with van der Waals surface area (Å²) in [5, 5.41) is 11.4. The molecule has 0 aromatic carbocycles. The molecule has 1 saturated carbocycles. The van der Waals surface area contributed by atoms with Crippen LogP contribution in [0.3, 0.4) is 0 Å². The summed E-state index contributed by atoms with van der Waals surface area (Å²) in [7, 11) is 0. The number of hydrogen-bond acceptors (Lipinski definition) is 4. The number of nitrogens with zero attached hydrogens (tertiary/aromatic N) is 5. The first-order chi connectivity index (χ1) is 11.8. The van der Waals surface area contributed by atoms with Crippen LogP contribution in [0.25, 0.3) is 0 Å². The Labute approximate surface area is 139 Å². The largest absolute Gasteiger partial charge is 0.339 e. The number of pyridine rings is 1. The third kappa shape index (κ3) is 2.92. The highest BCUT2D eigenvalue weighted by Crippen LogP contribution is 2.30. The zero-order valence-electron chi connectivity index (χ0n) is 13.2.